The Morgan fingerprint density at radius 3 is 2.19 bits per heavy atom. The van der Waals surface area contributed by atoms with Crippen LogP contribution >= 0.6 is 0 Å². The fourth-order valence-electron chi connectivity index (χ4n) is 4.07. The number of carbonyl (C=O) groups is 4. The van der Waals surface area contributed by atoms with Crippen molar-refractivity contribution >= 4 is 29.3 Å². The highest BCUT2D eigenvalue weighted by molar-refractivity contribution is 6.01. The van der Waals surface area contributed by atoms with Gasteiger partial charge >= 0.3 is 0 Å². The van der Waals surface area contributed by atoms with Gasteiger partial charge in [-0.3, -0.25) is 24.5 Å². The highest BCUT2D eigenvalue weighted by Gasteiger charge is 2.27. The maximum absolute atomic E-state index is 12.3. The van der Waals surface area contributed by atoms with Gasteiger partial charge in [0.1, 0.15) is 0 Å². The van der Waals surface area contributed by atoms with Crippen molar-refractivity contribution in [1.29, 1.82) is 0 Å². The van der Waals surface area contributed by atoms with E-state index in [9.17, 15) is 19.2 Å². The monoisotopic (exact) mass is 429 g/mol. The number of unbranched alkanes of at least 4 members (excludes halogenated alkanes) is 2. The van der Waals surface area contributed by atoms with Gasteiger partial charge in [0.25, 0.3) is 0 Å². The van der Waals surface area contributed by atoms with E-state index in [1.807, 2.05) is 44.7 Å². The minimum Gasteiger partial charge on any atom is -0.338 e. The van der Waals surface area contributed by atoms with Gasteiger partial charge in [-0.05, 0) is 64.7 Å². The number of anilines is 1. The number of hydrogen-bond acceptors (Lipinski definition) is 4. The smallest absolute Gasteiger partial charge is 0.234 e. The molecule has 0 bridgehead atoms. The lowest BCUT2D eigenvalue weighted by atomic mass is 9.90. The molecule has 1 heterocycles. The number of hydrogen-bond donors (Lipinski definition) is 2. The number of benzene rings is 1. The zero-order chi connectivity index (χ0) is 23.0. The van der Waals surface area contributed by atoms with Gasteiger partial charge in [-0.2, -0.15) is 0 Å². The van der Waals surface area contributed by atoms with Crippen molar-refractivity contribution in [2.45, 2.75) is 90.6 Å². The van der Waals surface area contributed by atoms with Crippen LogP contribution in [0.1, 0.15) is 84.1 Å². The summed E-state index contributed by atoms with van der Waals surface area (Å²) in [4.78, 5) is 49.7. The molecule has 1 atom stereocenters. The second-order valence-electron chi connectivity index (χ2n) is 8.72. The SMILES string of the molecule is CC(C)N(C(=O)CCCCCC(=O)Nc1ccc(C2CCC(=O)NC2=O)cc1)C(C)C. The zero-order valence-electron chi connectivity index (χ0n) is 19.1. The van der Waals surface area contributed by atoms with Crippen LogP contribution in [0.2, 0.25) is 0 Å². The Bertz CT molecular complexity index is 779. The van der Waals surface area contributed by atoms with Crippen molar-refractivity contribution in [3.8, 4) is 0 Å². The summed E-state index contributed by atoms with van der Waals surface area (Å²) < 4.78 is 0. The van der Waals surface area contributed by atoms with Gasteiger partial charge in [0.2, 0.25) is 23.6 Å². The lowest BCUT2D eigenvalue weighted by molar-refractivity contribution is -0.135. The average Bonchev–Trinajstić information content (AvgIpc) is 2.68. The van der Waals surface area contributed by atoms with Crippen LogP contribution in [0, 0.1) is 0 Å². The molecule has 7 heteroatoms. The molecular formula is C24H35N3O4. The van der Waals surface area contributed by atoms with Crippen molar-refractivity contribution in [1.82, 2.24) is 10.2 Å². The van der Waals surface area contributed by atoms with E-state index in [0.717, 1.165) is 24.8 Å². The topological polar surface area (TPSA) is 95.6 Å². The molecule has 2 rings (SSSR count). The fourth-order valence-corrected chi connectivity index (χ4v) is 4.07. The van der Waals surface area contributed by atoms with E-state index >= 15 is 0 Å². The average molecular weight is 430 g/mol. The molecule has 1 fully saturated rings. The highest BCUT2D eigenvalue weighted by Crippen LogP contribution is 2.26. The first-order valence-corrected chi connectivity index (χ1v) is 11.2. The quantitative estimate of drug-likeness (QED) is 0.437. The van der Waals surface area contributed by atoms with E-state index in [0.29, 0.717) is 31.4 Å². The van der Waals surface area contributed by atoms with E-state index in [4.69, 9.17) is 0 Å². The number of piperidine rings is 1. The van der Waals surface area contributed by atoms with E-state index in [1.54, 1.807) is 12.1 Å². The van der Waals surface area contributed by atoms with Crippen LogP contribution in [0.15, 0.2) is 24.3 Å². The first-order valence-electron chi connectivity index (χ1n) is 11.2. The lowest BCUT2D eigenvalue weighted by Crippen LogP contribution is -2.41. The molecule has 1 aromatic rings. The Balaban J connectivity index is 1.70. The van der Waals surface area contributed by atoms with E-state index < -0.39 is 0 Å². The van der Waals surface area contributed by atoms with Crippen molar-refractivity contribution < 1.29 is 19.2 Å². The number of imide groups is 1. The van der Waals surface area contributed by atoms with Gasteiger partial charge in [0.05, 0.1) is 5.92 Å². The highest BCUT2D eigenvalue weighted by atomic mass is 16.2. The molecule has 1 aromatic carbocycles. The van der Waals surface area contributed by atoms with Crippen molar-refractivity contribution in [3.63, 3.8) is 0 Å². The molecule has 0 aromatic heterocycles. The Labute approximate surface area is 185 Å². The molecule has 1 aliphatic rings. The molecule has 4 amide bonds. The number of nitrogens with one attached hydrogen (secondary N) is 2. The van der Waals surface area contributed by atoms with Gasteiger partial charge in [-0.1, -0.05) is 18.6 Å². The van der Waals surface area contributed by atoms with Crippen molar-refractivity contribution in [2.75, 3.05) is 5.32 Å². The van der Waals surface area contributed by atoms with Gasteiger partial charge in [-0.25, -0.2) is 0 Å². The first kappa shape index (κ1) is 24.6. The summed E-state index contributed by atoms with van der Waals surface area (Å²) in [6.45, 7) is 8.11. The molecule has 0 spiro atoms. The van der Waals surface area contributed by atoms with Gasteiger partial charge in [0, 0.05) is 37.0 Å². The first-order chi connectivity index (χ1) is 14.7. The third kappa shape index (κ3) is 7.49. The minimum atomic E-state index is -0.326. The Morgan fingerprint density at radius 2 is 1.61 bits per heavy atom. The third-order valence-electron chi connectivity index (χ3n) is 5.53. The van der Waals surface area contributed by atoms with Crippen LogP contribution < -0.4 is 10.6 Å². The number of rotatable bonds is 10. The normalized spacial score (nSPS) is 16.4. The second-order valence-corrected chi connectivity index (χ2v) is 8.72. The standard InChI is InChI=1S/C24H35N3O4/c1-16(2)27(17(3)4)23(30)9-7-5-6-8-21(28)25-19-12-10-18(11-13-19)20-14-15-22(29)26-24(20)31/h10-13,16-17,20H,5-9,14-15H2,1-4H3,(H,25,28)(H,26,29,31). The van der Waals surface area contributed by atoms with Crippen LogP contribution in [-0.2, 0) is 19.2 Å². The molecule has 7 nitrogen and oxygen atoms in total. The molecule has 1 unspecified atom stereocenters. The minimum absolute atomic E-state index is 0.0638. The summed E-state index contributed by atoms with van der Waals surface area (Å²) in [7, 11) is 0. The van der Waals surface area contributed by atoms with E-state index in [-0.39, 0.29) is 41.6 Å². The maximum Gasteiger partial charge on any atom is 0.234 e. The molecule has 1 aliphatic heterocycles. The summed E-state index contributed by atoms with van der Waals surface area (Å²) in [5, 5.41) is 5.23. The summed E-state index contributed by atoms with van der Waals surface area (Å²) in [5.74, 6) is -0.716. The predicted octanol–water partition coefficient (Wildman–Crippen LogP) is 3.74. The van der Waals surface area contributed by atoms with Crippen molar-refractivity contribution in [2.24, 2.45) is 0 Å². The Hall–Kier alpha value is -2.70. The van der Waals surface area contributed by atoms with Crippen LogP contribution in [-0.4, -0.2) is 40.6 Å². The van der Waals surface area contributed by atoms with Gasteiger partial charge < -0.3 is 10.2 Å². The Morgan fingerprint density at radius 1 is 1.00 bits per heavy atom. The fraction of sp³-hybridized carbons (Fsp3) is 0.583. The van der Waals surface area contributed by atoms with Crippen LogP contribution in [0.25, 0.3) is 0 Å². The van der Waals surface area contributed by atoms with E-state index in [2.05, 4.69) is 10.6 Å². The summed E-state index contributed by atoms with van der Waals surface area (Å²) in [6, 6.07) is 7.58. The summed E-state index contributed by atoms with van der Waals surface area (Å²) in [6.07, 6.45) is 4.11. The zero-order valence-corrected chi connectivity index (χ0v) is 19.1. The maximum atomic E-state index is 12.3. The molecule has 0 aliphatic carbocycles. The Kier molecular flexibility index (Phi) is 9.21. The molecule has 2 N–H and O–H groups in total. The summed E-state index contributed by atoms with van der Waals surface area (Å²) in [5.41, 5.74) is 1.52. The number of amides is 4. The largest absolute Gasteiger partial charge is 0.338 e. The molecule has 0 saturated carbocycles. The van der Waals surface area contributed by atoms with Crippen molar-refractivity contribution in [3.05, 3.63) is 29.8 Å². The molecule has 170 valence electrons. The predicted molar refractivity (Wildman–Crippen MR) is 120 cm³/mol. The molecule has 31 heavy (non-hydrogen) atoms. The van der Waals surface area contributed by atoms with Crippen LogP contribution in [0.5, 0.6) is 0 Å². The second kappa shape index (κ2) is 11.6. The lowest BCUT2D eigenvalue weighted by Gasteiger charge is -2.30. The summed E-state index contributed by atoms with van der Waals surface area (Å²) >= 11 is 0. The number of carbonyl (C=O) groups excluding carboxylic acids is 4. The van der Waals surface area contributed by atoms with Crippen LogP contribution in [0.3, 0.4) is 0 Å². The van der Waals surface area contributed by atoms with E-state index in [1.165, 1.54) is 0 Å². The van der Waals surface area contributed by atoms with Gasteiger partial charge in [-0.15, -0.1) is 0 Å². The number of nitrogens with zero attached hydrogens (tertiary/aromatic N) is 1. The third-order valence-corrected chi connectivity index (χ3v) is 5.53. The molecular weight excluding hydrogens is 394 g/mol. The van der Waals surface area contributed by atoms with Crippen LogP contribution in [0.4, 0.5) is 5.69 Å². The molecule has 0 radical (unpaired) electrons. The van der Waals surface area contributed by atoms with Gasteiger partial charge in [0.15, 0.2) is 0 Å². The molecule has 1 saturated heterocycles.